The van der Waals surface area contributed by atoms with Crippen molar-refractivity contribution < 1.29 is 4.79 Å². The van der Waals surface area contributed by atoms with E-state index in [0.717, 1.165) is 22.4 Å². The molecule has 1 heterocycles. The van der Waals surface area contributed by atoms with Gasteiger partial charge in [-0.15, -0.1) is 0 Å². The molecule has 4 heteroatoms. The Morgan fingerprint density at radius 2 is 1.68 bits per heavy atom. The molecule has 4 nitrogen and oxygen atoms in total. The number of allylic oxidation sites excluding steroid dienone is 2. The minimum absolute atomic E-state index is 0.0832. The average molecular weight is 369 g/mol. The number of aliphatic imine (C=N–C) groups is 1. The lowest BCUT2D eigenvalue weighted by molar-refractivity contribution is -0.118. The predicted molar refractivity (Wildman–Crippen MR) is 110 cm³/mol. The summed E-state index contributed by atoms with van der Waals surface area (Å²) in [5.41, 5.74) is 10.6. The van der Waals surface area contributed by atoms with Crippen molar-refractivity contribution in [2.45, 2.75) is 32.6 Å². The molecule has 2 atom stereocenters. The Morgan fingerprint density at radius 3 is 2.32 bits per heavy atom. The highest BCUT2D eigenvalue weighted by molar-refractivity contribution is 6.03. The largest absolute Gasteiger partial charge is 0.386 e. The first-order valence-electron chi connectivity index (χ1n) is 9.55. The standard InChI is InChI=1S/C24H23N3O/c1-24(2)12-19-22(20(28)13-24)21(18(14-25)23(26)27-19)17-10-8-16(9-11-17)15-6-4-3-5-7-15/h3-11,18,21H,12-13H2,1-2H3,(H2,26,27)/t18?,21-/m1/s1. The van der Waals surface area contributed by atoms with E-state index >= 15 is 0 Å². The van der Waals surface area contributed by atoms with Crippen LogP contribution in [0.2, 0.25) is 0 Å². The van der Waals surface area contributed by atoms with E-state index in [9.17, 15) is 10.1 Å². The molecule has 140 valence electrons. The number of rotatable bonds is 2. The lowest BCUT2D eigenvalue weighted by Gasteiger charge is -2.37. The third kappa shape index (κ3) is 3.14. The highest BCUT2D eigenvalue weighted by Gasteiger charge is 2.43. The van der Waals surface area contributed by atoms with Crippen LogP contribution in [-0.4, -0.2) is 11.6 Å². The summed E-state index contributed by atoms with van der Waals surface area (Å²) in [5.74, 6) is -0.582. The topological polar surface area (TPSA) is 79.2 Å². The van der Waals surface area contributed by atoms with Crippen molar-refractivity contribution in [2.75, 3.05) is 0 Å². The van der Waals surface area contributed by atoms with Gasteiger partial charge in [0.1, 0.15) is 11.8 Å². The minimum Gasteiger partial charge on any atom is -0.386 e. The van der Waals surface area contributed by atoms with Gasteiger partial charge in [0.2, 0.25) is 0 Å². The molecule has 2 aliphatic rings. The lowest BCUT2D eigenvalue weighted by atomic mass is 9.68. The molecule has 0 aromatic heterocycles. The third-order valence-corrected chi connectivity index (χ3v) is 5.64. The molecule has 2 aromatic rings. The van der Waals surface area contributed by atoms with E-state index in [2.05, 4.69) is 37.0 Å². The third-order valence-electron chi connectivity index (χ3n) is 5.64. The van der Waals surface area contributed by atoms with E-state index in [1.54, 1.807) is 0 Å². The van der Waals surface area contributed by atoms with E-state index < -0.39 is 5.92 Å². The average Bonchev–Trinajstić information content (AvgIpc) is 2.67. The van der Waals surface area contributed by atoms with Crippen LogP contribution >= 0.6 is 0 Å². The van der Waals surface area contributed by atoms with Crippen LogP contribution in [-0.2, 0) is 4.79 Å². The van der Waals surface area contributed by atoms with Crippen molar-refractivity contribution in [3.63, 3.8) is 0 Å². The molecule has 1 aliphatic carbocycles. The van der Waals surface area contributed by atoms with Gasteiger partial charge in [-0.05, 0) is 28.5 Å². The molecule has 0 fully saturated rings. The Balaban J connectivity index is 1.78. The van der Waals surface area contributed by atoms with Gasteiger partial charge in [-0.25, -0.2) is 4.99 Å². The molecule has 0 spiro atoms. The number of Topliss-reactive ketones (excluding diaryl/α,β-unsaturated/α-hetero) is 1. The number of carbonyl (C=O) groups excluding carboxylic acids is 1. The Hall–Kier alpha value is -3.19. The van der Waals surface area contributed by atoms with Crippen LogP contribution in [0.4, 0.5) is 0 Å². The van der Waals surface area contributed by atoms with Crippen LogP contribution in [0.25, 0.3) is 11.1 Å². The lowest BCUT2D eigenvalue weighted by Crippen LogP contribution is -2.38. The van der Waals surface area contributed by atoms with Crippen molar-refractivity contribution in [2.24, 2.45) is 22.1 Å². The van der Waals surface area contributed by atoms with Gasteiger partial charge in [0, 0.05) is 17.9 Å². The van der Waals surface area contributed by atoms with Crippen molar-refractivity contribution in [1.82, 2.24) is 0 Å². The molecule has 4 rings (SSSR count). The van der Waals surface area contributed by atoms with Gasteiger partial charge in [-0.2, -0.15) is 5.26 Å². The number of benzene rings is 2. The Bertz CT molecular complexity index is 1020. The number of nitrogens with zero attached hydrogens (tertiary/aromatic N) is 2. The zero-order valence-electron chi connectivity index (χ0n) is 16.1. The van der Waals surface area contributed by atoms with Crippen LogP contribution in [0, 0.1) is 22.7 Å². The first-order chi connectivity index (χ1) is 13.4. The summed E-state index contributed by atoms with van der Waals surface area (Å²) in [6.45, 7) is 4.14. The number of hydrogen-bond donors (Lipinski definition) is 1. The van der Waals surface area contributed by atoms with Gasteiger partial charge >= 0.3 is 0 Å². The highest BCUT2D eigenvalue weighted by atomic mass is 16.1. The Kier molecular flexibility index (Phi) is 4.39. The van der Waals surface area contributed by atoms with Crippen molar-refractivity contribution in [1.29, 1.82) is 5.26 Å². The molecule has 0 amide bonds. The fourth-order valence-electron chi connectivity index (χ4n) is 4.33. The molecule has 1 unspecified atom stereocenters. The second kappa shape index (κ2) is 6.76. The molecule has 2 aromatic carbocycles. The number of carbonyl (C=O) groups is 1. The molecule has 0 saturated carbocycles. The van der Waals surface area contributed by atoms with Crippen LogP contribution in [0.15, 0.2) is 70.9 Å². The van der Waals surface area contributed by atoms with E-state index in [-0.39, 0.29) is 17.1 Å². The highest BCUT2D eigenvalue weighted by Crippen LogP contribution is 2.47. The molecule has 0 radical (unpaired) electrons. The quantitative estimate of drug-likeness (QED) is 0.841. The molecular weight excluding hydrogens is 346 g/mol. The van der Waals surface area contributed by atoms with Crippen molar-refractivity contribution >= 4 is 11.6 Å². The first kappa shape index (κ1) is 18.2. The normalized spacial score (nSPS) is 23.6. The zero-order chi connectivity index (χ0) is 19.9. The second-order valence-electron chi connectivity index (χ2n) is 8.41. The summed E-state index contributed by atoms with van der Waals surface area (Å²) >= 11 is 0. The number of nitrogens with two attached hydrogens (primary N) is 1. The van der Waals surface area contributed by atoms with Crippen molar-refractivity contribution in [3.05, 3.63) is 71.4 Å². The fraction of sp³-hybridized carbons (Fsp3) is 0.292. The fourth-order valence-corrected chi connectivity index (χ4v) is 4.33. The number of hydrogen-bond acceptors (Lipinski definition) is 4. The minimum atomic E-state index is -0.619. The molecule has 0 saturated heterocycles. The maximum Gasteiger partial charge on any atom is 0.161 e. The summed E-state index contributed by atoms with van der Waals surface area (Å²) in [7, 11) is 0. The van der Waals surface area contributed by atoms with E-state index in [1.165, 1.54) is 0 Å². The monoisotopic (exact) mass is 369 g/mol. The van der Waals surface area contributed by atoms with Gasteiger partial charge in [0.15, 0.2) is 5.78 Å². The summed E-state index contributed by atoms with van der Waals surface area (Å²) in [5, 5.41) is 9.76. The van der Waals surface area contributed by atoms with Gasteiger partial charge in [0.25, 0.3) is 0 Å². The summed E-state index contributed by atoms with van der Waals surface area (Å²) in [6, 6.07) is 20.5. The van der Waals surface area contributed by atoms with Gasteiger partial charge in [-0.3, -0.25) is 4.79 Å². The summed E-state index contributed by atoms with van der Waals surface area (Å²) < 4.78 is 0. The van der Waals surface area contributed by atoms with Crippen molar-refractivity contribution in [3.8, 4) is 17.2 Å². The summed E-state index contributed by atoms with van der Waals surface area (Å²) in [4.78, 5) is 17.5. The SMILES string of the molecule is CC1(C)CC(=O)C2=C(C1)N=C(N)C(C#N)[C@H]2c1ccc(-c2ccccc2)cc1. The maximum absolute atomic E-state index is 13.0. The second-order valence-corrected chi connectivity index (χ2v) is 8.41. The number of ketones is 1. The number of nitriles is 1. The molecule has 1 aliphatic heterocycles. The number of amidine groups is 1. The van der Waals surface area contributed by atoms with E-state index in [4.69, 9.17) is 5.73 Å². The van der Waals surface area contributed by atoms with Gasteiger partial charge in [-0.1, -0.05) is 68.4 Å². The van der Waals surface area contributed by atoms with Crippen LogP contribution in [0.3, 0.4) is 0 Å². The van der Waals surface area contributed by atoms with E-state index in [1.807, 2.05) is 42.5 Å². The van der Waals surface area contributed by atoms with Crippen LogP contribution < -0.4 is 5.73 Å². The molecular formula is C24H23N3O. The van der Waals surface area contributed by atoms with Gasteiger partial charge < -0.3 is 5.73 Å². The van der Waals surface area contributed by atoms with Crippen LogP contribution in [0.5, 0.6) is 0 Å². The molecule has 2 N–H and O–H groups in total. The van der Waals surface area contributed by atoms with E-state index in [0.29, 0.717) is 24.3 Å². The Labute approximate surface area is 165 Å². The zero-order valence-corrected chi connectivity index (χ0v) is 16.1. The predicted octanol–water partition coefficient (Wildman–Crippen LogP) is 4.59. The smallest absolute Gasteiger partial charge is 0.161 e. The Morgan fingerprint density at radius 1 is 1.04 bits per heavy atom. The molecule has 0 bridgehead atoms. The molecule has 28 heavy (non-hydrogen) atoms. The van der Waals surface area contributed by atoms with Crippen LogP contribution in [0.1, 0.15) is 38.2 Å². The maximum atomic E-state index is 13.0. The first-order valence-corrected chi connectivity index (χ1v) is 9.55. The summed E-state index contributed by atoms with van der Waals surface area (Å²) in [6.07, 6.45) is 1.17. The van der Waals surface area contributed by atoms with Gasteiger partial charge in [0.05, 0.1) is 11.8 Å².